The van der Waals surface area contributed by atoms with Crippen LogP contribution in [0.4, 0.5) is 0 Å². The Labute approximate surface area is 131 Å². The number of nitrogens with zero attached hydrogens (tertiary/aromatic N) is 5. The molecule has 1 fully saturated rings. The number of aromatic nitrogens is 4. The first-order valence-corrected chi connectivity index (χ1v) is 7.32. The van der Waals surface area contributed by atoms with Crippen LogP contribution in [-0.2, 0) is 13.1 Å². The van der Waals surface area contributed by atoms with Crippen LogP contribution in [0.15, 0.2) is 30.3 Å². The van der Waals surface area contributed by atoms with Gasteiger partial charge in [0, 0.05) is 6.54 Å². The summed E-state index contributed by atoms with van der Waals surface area (Å²) in [5.41, 5.74) is 1.23. The average molecular weight is 308 g/mol. The molecule has 0 saturated carbocycles. The van der Waals surface area contributed by atoms with Crippen molar-refractivity contribution in [2.45, 2.75) is 32.9 Å². The number of tetrazole rings is 1. The molecule has 0 spiro atoms. The van der Waals surface area contributed by atoms with Gasteiger partial charge in [0.2, 0.25) is 0 Å². The van der Waals surface area contributed by atoms with Gasteiger partial charge >= 0.3 is 0 Å². The predicted octanol–water partition coefficient (Wildman–Crippen LogP) is 2.38. The number of benzene rings is 1. The van der Waals surface area contributed by atoms with Gasteiger partial charge in [-0.3, -0.25) is 4.90 Å². The number of hydrogen-bond donors (Lipinski definition) is 0. The minimum absolute atomic E-state index is 0. The van der Waals surface area contributed by atoms with Crippen LogP contribution in [0.5, 0.6) is 0 Å². The summed E-state index contributed by atoms with van der Waals surface area (Å²) in [7, 11) is 0. The Morgan fingerprint density at radius 1 is 1.19 bits per heavy atom. The minimum Gasteiger partial charge on any atom is -0.296 e. The molecule has 1 aliphatic rings. The molecule has 1 aromatic carbocycles. The van der Waals surface area contributed by atoms with Crippen molar-refractivity contribution in [3.8, 4) is 0 Å². The second-order valence-corrected chi connectivity index (χ2v) is 5.72. The smallest absolute Gasteiger partial charge is 0.165 e. The van der Waals surface area contributed by atoms with Crippen LogP contribution in [-0.4, -0.2) is 38.2 Å². The van der Waals surface area contributed by atoms with Crippen molar-refractivity contribution >= 4 is 12.4 Å². The largest absolute Gasteiger partial charge is 0.296 e. The van der Waals surface area contributed by atoms with E-state index in [1.807, 2.05) is 22.9 Å². The molecule has 1 aliphatic heterocycles. The fraction of sp³-hybridized carbons (Fsp3) is 0.533. The fourth-order valence-corrected chi connectivity index (χ4v) is 2.85. The molecule has 5 nitrogen and oxygen atoms in total. The second-order valence-electron chi connectivity index (χ2n) is 5.72. The lowest BCUT2D eigenvalue weighted by atomic mass is 10.0. The zero-order chi connectivity index (χ0) is 13.8. The zero-order valence-electron chi connectivity index (χ0n) is 12.4. The van der Waals surface area contributed by atoms with E-state index >= 15 is 0 Å². The van der Waals surface area contributed by atoms with Crippen LogP contribution in [0, 0.1) is 5.92 Å². The van der Waals surface area contributed by atoms with Crippen molar-refractivity contribution in [1.29, 1.82) is 0 Å². The van der Waals surface area contributed by atoms with Crippen molar-refractivity contribution in [1.82, 2.24) is 25.1 Å². The SMILES string of the molecule is CC1CCCN(Cc2nnnn2Cc2ccccc2)C1.Cl. The van der Waals surface area contributed by atoms with E-state index in [4.69, 9.17) is 0 Å². The number of piperidine rings is 1. The third-order valence-corrected chi connectivity index (χ3v) is 3.89. The van der Waals surface area contributed by atoms with Gasteiger partial charge in [0.25, 0.3) is 0 Å². The molecule has 1 aromatic heterocycles. The van der Waals surface area contributed by atoms with Gasteiger partial charge in [-0.05, 0) is 41.3 Å². The maximum atomic E-state index is 4.19. The zero-order valence-corrected chi connectivity index (χ0v) is 13.2. The quantitative estimate of drug-likeness (QED) is 0.870. The van der Waals surface area contributed by atoms with E-state index in [2.05, 4.69) is 39.5 Å². The van der Waals surface area contributed by atoms with Crippen LogP contribution in [0.25, 0.3) is 0 Å². The fourth-order valence-electron chi connectivity index (χ4n) is 2.85. The number of rotatable bonds is 4. The van der Waals surface area contributed by atoms with Crippen molar-refractivity contribution < 1.29 is 0 Å². The average Bonchev–Trinajstić information content (AvgIpc) is 2.87. The highest BCUT2D eigenvalue weighted by molar-refractivity contribution is 5.85. The Morgan fingerprint density at radius 2 is 2.00 bits per heavy atom. The van der Waals surface area contributed by atoms with Crippen LogP contribution >= 0.6 is 12.4 Å². The van der Waals surface area contributed by atoms with Crippen LogP contribution in [0.1, 0.15) is 31.2 Å². The van der Waals surface area contributed by atoms with Gasteiger partial charge < -0.3 is 0 Å². The molecular formula is C15H22ClN5. The maximum Gasteiger partial charge on any atom is 0.165 e. The van der Waals surface area contributed by atoms with Crippen LogP contribution < -0.4 is 0 Å². The van der Waals surface area contributed by atoms with Gasteiger partial charge in [-0.15, -0.1) is 17.5 Å². The maximum absolute atomic E-state index is 4.19. The monoisotopic (exact) mass is 307 g/mol. The molecule has 0 amide bonds. The molecule has 2 aromatic rings. The lowest BCUT2D eigenvalue weighted by molar-refractivity contribution is 0.170. The number of halogens is 1. The van der Waals surface area contributed by atoms with Crippen LogP contribution in [0.3, 0.4) is 0 Å². The van der Waals surface area contributed by atoms with E-state index in [-0.39, 0.29) is 12.4 Å². The summed E-state index contributed by atoms with van der Waals surface area (Å²) in [4.78, 5) is 2.46. The molecule has 6 heteroatoms. The summed E-state index contributed by atoms with van der Waals surface area (Å²) in [5.74, 6) is 1.74. The Hall–Kier alpha value is -1.46. The minimum atomic E-state index is 0. The second kappa shape index (κ2) is 7.52. The van der Waals surface area contributed by atoms with Gasteiger partial charge in [-0.1, -0.05) is 37.3 Å². The van der Waals surface area contributed by atoms with Crippen molar-refractivity contribution in [2.24, 2.45) is 5.92 Å². The Morgan fingerprint density at radius 3 is 2.76 bits per heavy atom. The molecule has 114 valence electrons. The lowest BCUT2D eigenvalue weighted by Gasteiger charge is -2.30. The van der Waals surface area contributed by atoms with E-state index in [9.17, 15) is 0 Å². The van der Waals surface area contributed by atoms with Crippen molar-refractivity contribution in [2.75, 3.05) is 13.1 Å². The molecule has 0 N–H and O–H groups in total. The third kappa shape index (κ3) is 4.25. The van der Waals surface area contributed by atoms with Gasteiger partial charge in [-0.25, -0.2) is 4.68 Å². The van der Waals surface area contributed by atoms with E-state index in [0.29, 0.717) is 0 Å². The number of likely N-dealkylation sites (tertiary alicyclic amines) is 1. The summed E-state index contributed by atoms with van der Waals surface area (Å²) in [6.07, 6.45) is 2.62. The van der Waals surface area contributed by atoms with Gasteiger partial charge in [0.15, 0.2) is 5.82 Å². The molecule has 0 bridgehead atoms. The highest BCUT2D eigenvalue weighted by atomic mass is 35.5. The first-order chi connectivity index (χ1) is 9.81. The summed E-state index contributed by atoms with van der Waals surface area (Å²) < 4.78 is 1.91. The highest BCUT2D eigenvalue weighted by Gasteiger charge is 2.18. The Balaban J connectivity index is 0.00000161. The molecule has 0 aliphatic carbocycles. The normalized spacial score (nSPS) is 19.2. The Bertz CT molecular complexity index is 542. The first-order valence-electron chi connectivity index (χ1n) is 7.32. The number of hydrogen-bond acceptors (Lipinski definition) is 4. The molecule has 1 saturated heterocycles. The van der Waals surface area contributed by atoms with Gasteiger partial charge in [0.1, 0.15) is 0 Å². The molecular weight excluding hydrogens is 286 g/mol. The van der Waals surface area contributed by atoms with Crippen molar-refractivity contribution in [3.05, 3.63) is 41.7 Å². The van der Waals surface area contributed by atoms with Gasteiger partial charge in [-0.2, -0.15) is 0 Å². The molecule has 3 rings (SSSR count). The molecule has 21 heavy (non-hydrogen) atoms. The van der Waals surface area contributed by atoms with Crippen molar-refractivity contribution in [3.63, 3.8) is 0 Å². The van der Waals surface area contributed by atoms with E-state index in [1.165, 1.54) is 18.4 Å². The predicted molar refractivity (Wildman–Crippen MR) is 84.3 cm³/mol. The van der Waals surface area contributed by atoms with E-state index in [0.717, 1.165) is 37.9 Å². The first kappa shape index (κ1) is 15.9. The molecule has 0 radical (unpaired) electrons. The summed E-state index contributed by atoms with van der Waals surface area (Å²) in [6, 6.07) is 10.3. The standard InChI is InChI=1S/C15H21N5.ClH/c1-13-6-5-9-19(10-13)12-15-16-17-18-20(15)11-14-7-3-2-4-8-14;/h2-4,7-8,13H,5-6,9-12H2,1H3;1H. The topological polar surface area (TPSA) is 46.8 Å². The van der Waals surface area contributed by atoms with E-state index in [1.54, 1.807) is 0 Å². The summed E-state index contributed by atoms with van der Waals surface area (Å²) in [6.45, 7) is 6.22. The van der Waals surface area contributed by atoms with Gasteiger partial charge in [0.05, 0.1) is 13.1 Å². The Kier molecular flexibility index (Phi) is 5.70. The highest BCUT2D eigenvalue weighted by Crippen LogP contribution is 2.17. The molecule has 2 heterocycles. The summed E-state index contributed by atoms with van der Waals surface area (Å²) >= 11 is 0. The molecule has 1 unspecified atom stereocenters. The lowest BCUT2D eigenvalue weighted by Crippen LogP contribution is -2.34. The van der Waals surface area contributed by atoms with Crippen LogP contribution in [0.2, 0.25) is 0 Å². The summed E-state index contributed by atoms with van der Waals surface area (Å²) in [5, 5.41) is 12.2. The third-order valence-electron chi connectivity index (χ3n) is 3.89. The van der Waals surface area contributed by atoms with E-state index < -0.39 is 0 Å². The molecule has 1 atom stereocenters.